The van der Waals surface area contributed by atoms with Crippen LogP contribution in [0, 0.1) is 5.92 Å². The average molecular weight is 198 g/mol. The predicted molar refractivity (Wildman–Crippen MR) is 53.1 cm³/mol. The van der Waals surface area contributed by atoms with Crippen LogP contribution < -0.4 is 10.6 Å². The third-order valence-electron chi connectivity index (χ3n) is 3.09. The van der Waals surface area contributed by atoms with Crippen LogP contribution in [0.25, 0.3) is 0 Å². The maximum Gasteiger partial charge on any atom is 0.314 e. The summed E-state index contributed by atoms with van der Waals surface area (Å²) in [6.45, 7) is 3.35. The van der Waals surface area contributed by atoms with Crippen LogP contribution in [0.4, 0.5) is 4.79 Å². The Balaban J connectivity index is 1.69. The topological polar surface area (TPSA) is 50.4 Å². The van der Waals surface area contributed by atoms with Crippen molar-refractivity contribution in [3.8, 4) is 0 Å². The van der Waals surface area contributed by atoms with Crippen LogP contribution in [0.2, 0.25) is 0 Å². The summed E-state index contributed by atoms with van der Waals surface area (Å²) in [5.41, 5.74) is 0. The summed E-state index contributed by atoms with van der Waals surface area (Å²) in [5, 5.41) is 5.60. The second kappa shape index (κ2) is 4.17. The zero-order valence-electron chi connectivity index (χ0n) is 8.58. The van der Waals surface area contributed by atoms with Crippen LogP contribution in [-0.2, 0) is 4.74 Å². The zero-order valence-corrected chi connectivity index (χ0v) is 8.58. The molecule has 14 heavy (non-hydrogen) atoms. The third kappa shape index (κ3) is 2.00. The molecule has 2 bridgehead atoms. The maximum atomic E-state index is 11.1. The minimum absolute atomic E-state index is 0.0599. The molecular formula is C10H18N2O2. The molecule has 0 radical (unpaired) electrons. The Hall–Kier alpha value is -0.770. The van der Waals surface area contributed by atoms with Gasteiger partial charge in [0, 0.05) is 19.0 Å². The summed E-state index contributed by atoms with van der Waals surface area (Å²) < 4.78 is 5.71. The fraction of sp³-hybridized carbons (Fsp3) is 0.900. The second-order valence-corrected chi connectivity index (χ2v) is 4.11. The van der Waals surface area contributed by atoms with E-state index in [2.05, 4.69) is 10.6 Å². The van der Waals surface area contributed by atoms with Gasteiger partial charge in [-0.2, -0.15) is 0 Å². The molecule has 0 spiro atoms. The molecule has 3 unspecified atom stereocenters. The van der Waals surface area contributed by atoms with Gasteiger partial charge in [-0.1, -0.05) is 0 Å². The van der Waals surface area contributed by atoms with Gasteiger partial charge in [-0.25, -0.2) is 4.79 Å². The van der Waals surface area contributed by atoms with E-state index in [9.17, 15) is 4.79 Å². The van der Waals surface area contributed by atoms with Gasteiger partial charge >= 0.3 is 6.03 Å². The molecule has 2 fully saturated rings. The monoisotopic (exact) mass is 198 g/mol. The number of amides is 2. The highest BCUT2D eigenvalue weighted by Gasteiger charge is 2.40. The van der Waals surface area contributed by atoms with E-state index in [1.54, 1.807) is 0 Å². The Morgan fingerprint density at radius 3 is 2.86 bits per heavy atom. The van der Waals surface area contributed by atoms with Crippen LogP contribution in [0.5, 0.6) is 0 Å². The van der Waals surface area contributed by atoms with Crippen LogP contribution in [0.3, 0.4) is 0 Å². The van der Waals surface area contributed by atoms with Gasteiger partial charge < -0.3 is 15.4 Å². The minimum atomic E-state index is -0.0599. The van der Waals surface area contributed by atoms with Gasteiger partial charge in [-0.3, -0.25) is 0 Å². The molecule has 0 aromatic heterocycles. The van der Waals surface area contributed by atoms with Crippen molar-refractivity contribution in [2.75, 3.05) is 13.1 Å². The molecule has 0 aliphatic carbocycles. The van der Waals surface area contributed by atoms with Crippen molar-refractivity contribution in [2.24, 2.45) is 5.92 Å². The molecule has 3 atom stereocenters. The van der Waals surface area contributed by atoms with Crippen molar-refractivity contribution in [2.45, 2.75) is 38.4 Å². The number of ether oxygens (including phenoxy) is 1. The first kappa shape index (κ1) is 9.77. The van der Waals surface area contributed by atoms with Crippen molar-refractivity contribution >= 4 is 6.03 Å². The van der Waals surface area contributed by atoms with Crippen molar-refractivity contribution in [1.82, 2.24) is 10.6 Å². The van der Waals surface area contributed by atoms with E-state index in [1.807, 2.05) is 6.92 Å². The molecule has 2 rings (SSSR count). The summed E-state index contributed by atoms with van der Waals surface area (Å²) >= 11 is 0. The lowest BCUT2D eigenvalue weighted by molar-refractivity contribution is 0.0927. The normalized spacial score (nSPS) is 34.5. The van der Waals surface area contributed by atoms with E-state index >= 15 is 0 Å². The SMILES string of the molecule is CCNC(=O)NCC1CC2CCC1O2. The fourth-order valence-electron chi connectivity index (χ4n) is 2.40. The Labute approximate surface area is 84.4 Å². The second-order valence-electron chi connectivity index (χ2n) is 4.11. The highest BCUT2D eigenvalue weighted by atomic mass is 16.5. The number of carbonyl (C=O) groups is 1. The molecule has 2 heterocycles. The smallest absolute Gasteiger partial charge is 0.314 e. The first-order valence-electron chi connectivity index (χ1n) is 5.46. The molecule has 0 saturated carbocycles. The quantitative estimate of drug-likeness (QED) is 0.707. The van der Waals surface area contributed by atoms with Gasteiger partial charge in [0.15, 0.2) is 0 Å². The predicted octanol–water partition coefficient (Wildman–Crippen LogP) is 0.873. The van der Waals surface area contributed by atoms with E-state index < -0.39 is 0 Å². The lowest BCUT2D eigenvalue weighted by Gasteiger charge is -2.18. The molecule has 4 nitrogen and oxygen atoms in total. The number of rotatable bonds is 3. The molecule has 2 amide bonds. The molecule has 2 N–H and O–H groups in total. The lowest BCUT2D eigenvalue weighted by atomic mass is 9.89. The van der Waals surface area contributed by atoms with Crippen molar-refractivity contribution in [3.05, 3.63) is 0 Å². The number of urea groups is 1. The summed E-state index contributed by atoms with van der Waals surface area (Å²) in [6, 6.07) is -0.0599. The van der Waals surface area contributed by atoms with Crippen molar-refractivity contribution < 1.29 is 9.53 Å². The Morgan fingerprint density at radius 2 is 2.29 bits per heavy atom. The van der Waals surface area contributed by atoms with Gasteiger partial charge in [0.25, 0.3) is 0 Å². The first-order chi connectivity index (χ1) is 6.79. The molecule has 0 aromatic carbocycles. The van der Waals surface area contributed by atoms with E-state index in [4.69, 9.17) is 4.74 Å². The first-order valence-corrected chi connectivity index (χ1v) is 5.46. The van der Waals surface area contributed by atoms with E-state index in [1.165, 1.54) is 12.8 Å². The summed E-state index contributed by atoms with van der Waals surface area (Å²) in [7, 11) is 0. The molecule has 2 saturated heterocycles. The van der Waals surface area contributed by atoms with Gasteiger partial charge in [0.2, 0.25) is 0 Å². The maximum absolute atomic E-state index is 11.1. The Kier molecular flexibility index (Phi) is 2.91. The van der Waals surface area contributed by atoms with Crippen LogP contribution in [0.15, 0.2) is 0 Å². The van der Waals surface area contributed by atoms with Crippen LogP contribution >= 0.6 is 0 Å². The number of nitrogens with one attached hydrogen (secondary N) is 2. The molecule has 2 aliphatic heterocycles. The summed E-state index contributed by atoms with van der Waals surface area (Å²) in [6.07, 6.45) is 4.38. The zero-order chi connectivity index (χ0) is 9.97. The fourth-order valence-corrected chi connectivity index (χ4v) is 2.40. The van der Waals surface area contributed by atoms with Gasteiger partial charge in [-0.15, -0.1) is 0 Å². The third-order valence-corrected chi connectivity index (χ3v) is 3.09. The molecule has 80 valence electrons. The van der Waals surface area contributed by atoms with Crippen molar-refractivity contribution in [3.63, 3.8) is 0 Å². The van der Waals surface area contributed by atoms with Crippen LogP contribution in [-0.4, -0.2) is 31.3 Å². The van der Waals surface area contributed by atoms with Crippen molar-refractivity contribution in [1.29, 1.82) is 0 Å². The Bertz CT molecular complexity index is 220. The van der Waals surface area contributed by atoms with Gasteiger partial charge in [0.1, 0.15) is 0 Å². The lowest BCUT2D eigenvalue weighted by Crippen LogP contribution is -2.39. The highest BCUT2D eigenvalue weighted by Crippen LogP contribution is 2.38. The number of carbonyl (C=O) groups excluding carboxylic acids is 1. The molecule has 0 aromatic rings. The molecule has 2 aliphatic rings. The van der Waals surface area contributed by atoms with Gasteiger partial charge in [0.05, 0.1) is 12.2 Å². The van der Waals surface area contributed by atoms with E-state index in [0.29, 0.717) is 24.7 Å². The Morgan fingerprint density at radius 1 is 1.43 bits per heavy atom. The van der Waals surface area contributed by atoms with E-state index in [0.717, 1.165) is 13.0 Å². The van der Waals surface area contributed by atoms with E-state index in [-0.39, 0.29) is 6.03 Å². The van der Waals surface area contributed by atoms with Crippen LogP contribution in [0.1, 0.15) is 26.2 Å². The number of fused-ring (bicyclic) bond motifs is 2. The number of hydrogen-bond acceptors (Lipinski definition) is 2. The summed E-state index contributed by atoms with van der Waals surface area (Å²) in [4.78, 5) is 11.1. The standard InChI is InChI=1S/C10H18N2O2/c1-2-11-10(13)12-6-7-5-8-3-4-9(7)14-8/h7-9H,2-6H2,1H3,(H2,11,12,13). The minimum Gasteiger partial charge on any atom is -0.375 e. The molecule has 4 heteroatoms. The highest BCUT2D eigenvalue weighted by molar-refractivity contribution is 5.73. The largest absolute Gasteiger partial charge is 0.375 e. The molecular weight excluding hydrogens is 180 g/mol. The summed E-state index contributed by atoms with van der Waals surface area (Å²) in [5.74, 6) is 0.538. The average Bonchev–Trinajstić information content (AvgIpc) is 2.76. The van der Waals surface area contributed by atoms with Gasteiger partial charge in [-0.05, 0) is 26.2 Å². The number of hydrogen-bond donors (Lipinski definition) is 2.